The number of methoxy groups -OCH3 is 1. The Labute approximate surface area is 170 Å². The van der Waals surface area contributed by atoms with Crippen molar-refractivity contribution in [3.05, 3.63) is 65.4 Å². The number of ether oxygens (including phenoxy) is 2. The zero-order valence-corrected chi connectivity index (χ0v) is 17.3. The number of hydrogen-bond donors (Lipinski definition) is 0. The topological polar surface area (TPSA) is 82.8 Å². The summed E-state index contributed by atoms with van der Waals surface area (Å²) in [5, 5.41) is 0.795. The predicted molar refractivity (Wildman–Crippen MR) is 111 cm³/mol. The van der Waals surface area contributed by atoms with E-state index < -0.39 is 15.8 Å². The van der Waals surface area contributed by atoms with Crippen LogP contribution in [-0.4, -0.2) is 39.6 Å². The maximum Gasteiger partial charge on any atom is 0.343 e. The Hall–Kier alpha value is -2.80. The summed E-state index contributed by atoms with van der Waals surface area (Å²) in [5.74, 6) is 0.735. The SMILES string of the molecule is COC(=O)COc1cccc2c(CCS(=O)(=O)CCc3ccccc3)c(C)oc12. The fourth-order valence-corrected chi connectivity index (χ4v) is 4.43. The summed E-state index contributed by atoms with van der Waals surface area (Å²) in [6, 6.07) is 14.9. The first-order valence-corrected chi connectivity index (χ1v) is 11.2. The average molecular weight is 416 g/mol. The monoisotopic (exact) mass is 416 g/mol. The molecule has 0 fully saturated rings. The fourth-order valence-electron chi connectivity index (χ4n) is 3.16. The van der Waals surface area contributed by atoms with Crippen molar-refractivity contribution in [2.24, 2.45) is 0 Å². The minimum Gasteiger partial charge on any atom is -0.478 e. The van der Waals surface area contributed by atoms with E-state index in [4.69, 9.17) is 9.15 Å². The highest BCUT2D eigenvalue weighted by Crippen LogP contribution is 2.33. The number of hydrogen-bond acceptors (Lipinski definition) is 6. The second-order valence-electron chi connectivity index (χ2n) is 6.77. The van der Waals surface area contributed by atoms with Crippen molar-refractivity contribution in [2.75, 3.05) is 25.2 Å². The quantitative estimate of drug-likeness (QED) is 0.497. The molecule has 0 atom stereocenters. The normalized spacial score (nSPS) is 11.5. The lowest BCUT2D eigenvalue weighted by atomic mass is 10.1. The smallest absolute Gasteiger partial charge is 0.343 e. The van der Waals surface area contributed by atoms with Crippen LogP contribution in [0.3, 0.4) is 0 Å². The zero-order chi connectivity index (χ0) is 20.9. The van der Waals surface area contributed by atoms with Crippen molar-refractivity contribution in [3.63, 3.8) is 0 Å². The molecule has 0 amide bonds. The van der Waals surface area contributed by atoms with E-state index in [1.807, 2.05) is 36.4 Å². The number of furan rings is 1. The van der Waals surface area contributed by atoms with Crippen LogP contribution < -0.4 is 4.74 Å². The highest BCUT2D eigenvalue weighted by Gasteiger charge is 2.18. The molecule has 7 heteroatoms. The molecule has 0 bridgehead atoms. The molecule has 0 spiro atoms. The summed E-state index contributed by atoms with van der Waals surface area (Å²) in [6.07, 6.45) is 0.857. The van der Waals surface area contributed by atoms with E-state index in [0.29, 0.717) is 29.9 Å². The van der Waals surface area contributed by atoms with Crippen LogP contribution in [0, 0.1) is 6.92 Å². The Morgan fingerprint density at radius 2 is 1.72 bits per heavy atom. The van der Waals surface area contributed by atoms with Gasteiger partial charge in [-0.15, -0.1) is 0 Å². The summed E-state index contributed by atoms with van der Waals surface area (Å²) in [6.45, 7) is 1.58. The summed E-state index contributed by atoms with van der Waals surface area (Å²) in [5.41, 5.74) is 2.35. The molecule has 0 aliphatic heterocycles. The largest absolute Gasteiger partial charge is 0.478 e. The molecular formula is C22H24O6S. The number of aryl methyl sites for hydroxylation is 3. The van der Waals surface area contributed by atoms with Gasteiger partial charge in [-0.25, -0.2) is 13.2 Å². The fraction of sp³-hybridized carbons (Fsp3) is 0.318. The second-order valence-corrected chi connectivity index (χ2v) is 9.08. The number of carbonyl (C=O) groups is 1. The molecule has 6 nitrogen and oxygen atoms in total. The van der Waals surface area contributed by atoms with E-state index in [2.05, 4.69) is 4.74 Å². The maximum absolute atomic E-state index is 12.5. The number of esters is 1. The van der Waals surface area contributed by atoms with Gasteiger partial charge in [0, 0.05) is 10.9 Å². The highest BCUT2D eigenvalue weighted by atomic mass is 32.2. The highest BCUT2D eigenvalue weighted by molar-refractivity contribution is 7.91. The van der Waals surface area contributed by atoms with E-state index in [-0.39, 0.29) is 18.1 Å². The van der Waals surface area contributed by atoms with Gasteiger partial charge in [0.1, 0.15) is 5.76 Å². The molecule has 0 aliphatic carbocycles. The Morgan fingerprint density at radius 1 is 1.00 bits per heavy atom. The van der Waals surface area contributed by atoms with Crippen LogP contribution in [0.25, 0.3) is 11.0 Å². The molecule has 0 saturated carbocycles. The Bertz CT molecular complexity index is 1080. The molecule has 3 aromatic rings. The molecular weight excluding hydrogens is 392 g/mol. The third-order valence-electron chi connectivity index (χ3n) is 4.76. The first-order chi connectivity index (χ1) is 13.9. The van der Waals surface area contributed by atoms with Gasteiger partial charge in [0.15, 0.2) is 27.8 Å². The third kappa shape index (κ3) is 5.38. The van der Waals surface area contributed by atoms with Crippen molar-refractivity contribution in [2.45, 2.75) is 19.8 Å². The molecule has 0 N–H and O–H groups in total. The van der Waals surface area contributed by atoms with Crippen molar-refractivity contribution < 1.29 is 27.1 Å². The number of sulfone groups is 1. The van der Waals surface area contributed by atoms with Crippen molar-refractivity contribution in [3.8, 4) is 5.75 Å². The molecule has 1 aromatic heterocycles. The third-order valence-corrected chi connectivity index (χ3v) is 6.42. The number of para-hydroxylation sites is 1. The maximum atomic E-state index is 12.5. The Morgan fingerprint density at radius 3 is 2.45 bits per heavy atom. The van der Waals surface area contributed by atoms with Gasteiger partial charge in [-0.2, -0.15) is 0 Å². The summed E-state index contributed by atoms with van der Waals surface area (Å²) in [7, 11) is -1.92. The average Bonchev–Trinajstić information content (AvgIpc) is 3.05. The lowest BCUT2D eigenvalue weighted by Gasteiger charge is -2.06. The van der Waals surface area contributed by atoms with Gasteiger partial charge < -0.3 is 13.9 Å². The number of rotatable bonds is 9. The first-order valence-electron chi connectivity index (χ1n) is 9.34. The van der Waals surface area contributed by atoms with Gasteiger partial charge in [0.25, 0.3) is 0 Å². The van der Waals surface area contributed by atoms with E-state index in [9.17, 15) is 13.2 Å². The molecule has 154 valence electrons. The van der Waals surface area contributed by atoms with E-state index >= 15 is 0 Å². The minimum atomic E-state index is -3.21. The molecule has 3 rings (SSSR count). The molecule has 0 radical (unpaired) electrons. The van der Waals surface area contributed by atoms with Crippen LogP contribution in [0.4, 0.5) is 0 Å². The predicted octanol–water partition coefficient (Wildman–Crippen LogP) is 3.49. The first kappa shape index (κ1) is 20.9. The second kappa shape index (κ2) is 9.13. The molecule has 0 unspecified atom stereocenters. The van der Waals surface area contributed by atoms with E-state index in [0.717, 1.165) is 16.5 Å². The van der Waals surface area contributed by atoms with Crippen molar-refractivity contribution in [1.82, 2.24) is 0 Å². The zero-order valence-electron chi connectivity index (χ0n) is 16.5. The van der Waals surface area contributed by atoms with Gasteiger partial charge in [-0.05, 0) is 31.4 Å². The summed E-state index contributed by atoms with van der Waals surface area (Å²) < 4.78 is 40.9. The van der Waals surface area contributed by atoms with E-state index in [1.165, 1.54) is 7.11 Å². The molecule has 1 heterocycles. The van der Waals surface area contributed by atoms with Gasteiger partial charge in [0.05, 0.1) is 18.6 Å². The molecule has 0 aliphatic rings. The van der Waals surface area contributed by atoms with Crippen LogP contribution in [0.5, 0.6) is 5.75 Å². The minimum absolute atomic E-state index is 0.0442. The lowest BCUT2D eigenvalue weighted by molar-refractivity contribution is -0.142. The van der Waals surface area contributed by atoms with Crippen LogP contribution in [0.2, 0.25) is 0 Å². The van der Waals surface area contributed by atoms with Gasteiger partial charge in [-0.1, -0.05) is 42.5 Å². The summed E-state index contributed by atoms with van der Waals surface area (Å²) in [4.78, 5) is 11.3. The summed E-state index contributed by atoms with van der Waals surface area (Å²) >= 11 is 0. The lowest BCUT2D eigenvalue weighted by Crippen LogP contribution is -2.15. The number of fused-ring (bicyclic) bond motifs is 1. The Balaban J connectivity index is 1.71. The van der Waals surface area contributed by atoms with Crippen molar-refractivity contribution in [1.29, 1.82) is 0 Å². The van der Waals surface area contributed by atoms with Gasteiger partial charge in [-0.3, -0.25) is 0 Å². The number of carbonyl (C=O) groups excluding carboxylic acids is 1. The number of benzene rings is 2. The van der Waals surface area contributed by atoms with Crippen LogP contribution in [0.15, 0.2) is 52.9 Å². The van der Waals surface area contributed by atoms with Crippen LogP contribution >= 0.6 is 0 Å². The Kier molecular flexibility index (Phi) is 6.59. The van der Waals surface area contributed by atoms with E-state index in [1.54, 1.807) is 19.1 Å². The van der Waals surface area contributed by atoms with Gasteiger partial charge >= 0.3 is 5.97 Å². The standard InChI is InChI=1S/C22H24O6S/c1-16-18(12-14-29(24,25)13-11-17-7-4-3-5-8-17)19-9-6-10-20(22(19)28-16)27-15-21(23)26-2/h3-10H,11-15H2,1-2H3. The molecule has 2 aromatic carbocycles. The van der Waals surface area contributed by atoms with Crippen LogP contribution in [-0.2, 0) is 32.2 Å². The molecule has 29 heavy (non-hydrogen) atoms. The van der Waals surface area contributed by atoms with Gasteiger partial charge in [0.2, 0.25) is 0 Å². The van der Waals surface area contributed by atoms with Crippen molar-refractivity contribution >= 4 is 26.8 Å². The molecule has 0 saturated heterocycles. The van der Waals surface area contributed by atoms with Crippen LogP contribution in [0.1, 0.15) is 16.9 Å².